The molecule has 1 N–H and O–H groups in total. The van der Waals surface area contributed by atoms with Crippen LogP contribution >= 0.6 is 0 Å². The number of likely N-dealkylation sites (tertiary alicyclic amines) is 1. The van der Waals surface area contributed by atoms with Gasteiger partial charge < -0.3 is 14.9 Å². The Hall–Kier alpha value is -1.14. The number of carbonyl (C=O) groups is 2. The van der Waals surface area contributed by atoms with E-state index in [2.05, 4.69) is 16.8 Å². The maximum Gasteiger partial charge on any atom is 0.306 e. The van der Waals surface area contributed by atoms with Crippen molar-refractivity contribution in [3.8, 4) is 0 Å². The van der Waals surface area contributed by atoms with E-state index in [1.54, 1.807) is 0 Å². The molecule has 2 saturated heterocycles. The molecule has 0 spiro atoms. The van der Waals surface area contributed by atoms with Crippen LogP contribution in [0.15, 0.2) is 0 Å². The van der Waals surface area contributed by atoms with E-state index in [4.69, 9.17) is 5.11 Å². The molecule has 2 rings (SSSR count). The molecule has 2 fully saturated rings. The number of likely N-dealkylation sites (N-methyl/N-ethyl adjacent to an activating group) is 1. The lowest BCUT2D eigenvalue weighted by molar-refractivity contribution is -0.146. The number of aliphatic carboxylic acids is 1. The van der Waals surface area contributed by atoms with Crippen molar-refractivity contribution < 1.29 is 14.7 Å². The highest BCUT2D eigenvalue weighted by Gasteiger charge is 2.28. The summed E-state index contributed by atoms with van der Waals surface area (Å²) < 4.78 is 0. The number of carboxylic acid groups (broad SMARTS) is 1. The van der Waals surface area contributed by atoms with Crippen molar-refractivity contribution in [1.29, 1.82) is 0 Å². The SMILES string of the molecule is CN1CCN(CC(=O)N2CCC(C(=O)O)CC2)CC1. The van der Waals surface area contributed by atoms with E-state index < -0.39 is 5.97 Å². The lowest BCUT2D eigenvalue weighted by Crippen LogP contribution is -2.50. The largest absolute Gasteiger partial charge is 0.481 e. The van der Waals surface area contributed by atoms with Gasteiger partial charge in [0.15, 0.2) is 0 Å². The minimum absolute atomic E-state index is 0.147. The van der Waals surface area contributed by atoms with Crippen molar-refractivity contribution in [1.82, 2.24) is 14.7 Å². The molecule has 0 atom stereocenters. The van der Waals surface area contributed by atoms with Crippen molar-refractivity contribution in [3.63, 3.8) is 0 Å². The minimum atomic E-state index is -0.730. The molecule has 2 heterocycles. The zero-order valence-corrected chi connectivity index (χ0v) is 11.5. The van der Waals surface area contributed by atoms with Gasteiger partial charge in [-0.1, -0.05) is 0 Å². The Morgan fingerprint density at radius 1 is 1.05 bits per heavy atom. The van der Waals surface area contributed by atoms with E-state index in [0.29, 0.717) is 32.5 Å². The number of hydrogen-bond acceptors (Lipinski definition) is 4. The predicted octanol–water partition coefficient (Wildman–Crippen LogP) is -0.443. The third-order valence-corrected chi connectivity index (χ3v) is 4.15. The van der Waals surface area contributed by atoms with Crippen molar-refractivity contribution in [2.75, 3.05) is 52.9 Å². The first-order valence-corrected chi connectivity index (χ1v) is 6.97. The molecule has 0 bridgehead atoms. The van der Waals surface area contributed by atoms with Crippen molar-refractivity contribution in [2.45, 2.75) is 12.8 Å². The molecular weight excluding hydrogens is 246 g/mol. The molecule has 2 aliphatic heterocycles. The molecule has 108 valence electrons. The smallest absolute Gasteiger partial charge is 0.306 e. The van der Waals surface area contributed by atoms with Gasteiger partial charge in [0.25, 0.3) is 0 Å². The number of nitrogens with zero attached hydrogens (tertiary/aromatic N) is 3. The summed E-state index contributed by atoms with van der Waals surface area (Å²) in [4.78, 5) is 29.3. The fourth-order valence-electron chi connectivity index (χ4n) is 2.67. The minimum Gasteiger partial charge on any atom is -0.481 e. The first-order valence-electron chi connectivity index (χ1n) is 6.97. The van der Waals surface area contributed by atoms with Crippen molar-refractivity contribution in [2.24, 2.45) is 5.92 Å². The summed E-state index contributed by atoms with van der Waals surface area (Å²) in [6, 6.07) is 0. The number of hydrogen-bond donors (Lipinski definition) is 1. The van der Waals surface area contributed by atoms with E-state index in [0.717, 1.165) is 26.2 Å². The lowest BCUT2D eigenvalue weighted by atomic mass is 9.97. The standard InChI is InChI=1S/C13H23N3O3/c1-14-6-8-15(9-7-14)10-12(17)16-4-2-11(3-5-16)13(18)19/h11H,2-10H2,1H3,(H,18,19). The summed E-state index contributed by atoms with van der Waals surface area (Å²) in [5.41, 5.74) is 0. The van der Waals surface area contributed by atoms with Gasteiger partial charge in [-0.05, 0) is 19.9 Å². The Bertz CT molecular complexity index is 332. The van der Waals surface area contributed by atoms with Crippen LogP contribution < -0.4 is 0 Å². The summed E-state index contributed by atoms with van der Waals surface area (Å²) in [7, 11) is 2.09. The van der Waals surface area contributed by atoms with Crippen LogP contribution in [-0.4, -0.2) is 84.5 Å². The molecule has 0 radical (unpaired) electrons. The highest BCUT2D eigenvalue weighted by Crippen LogP contribution is 2.17. The van der Waals surface area contributed by atoms with Gasteiger partial charge in [0.2, 0.25) is 5.91 Å². The van der Waals surface area contributed by atoms with Gasteiger partial charge in [-0.2, -0.15) is 0 Å². The molecule has 2 aliphatic rings. The van der Waals surface area contributed by atoms with E-state index in [9.17, 15) is 9.59 Å². The van der Waals surface area contributed by atoms with Crippen LogP contribution in [0.2, 0.25) is 0 Å². The summed E-state index contributed by atoms with van der Waals surface area (Å²) >= 11 is 0. The third-order valence-electron chi connectivity index (χ3n) is 4.15. The number of amides is 1. The van der Waals surface area contributed by atoms with E-state index in [1.807, 2.05) is 4.90 Å². The Kier molecular flexibility index (Phi) is 4.76. The maximum absolute atomic E-state index is 12.1. The Balaban J connectivity index is 1.74. The summed E-state index contributed by atoms with van der Waals surface area (Å²) in [6.07, 6.45) is 1.17. The van der Waals surface area contributed by atoms with Crippen LogP contribution in [0.3, 0.4) is 0 Å². The summed E-state index contributed by atoms with van der Waals surface area (Å²) in [5.74, 6) is -0.854. The second-order valence-corrected chi connectivity index (χ2v) is 5.57. The fourth-order valence-corrected chi connectivity index (χ4v) is 2.67. The molecule has 0 aromatic carbocycles. The molecule has 1 amide bonds. The molecule has 0 aliphatic carbocycles. The van der Waals surface area contributed by atoms with Gasteiger partial charge in [-0.25, -0.2) is 0 Å². The number of carboxylic acids is 1. The van der Waals surface area contributed by atoms with E-state index in [1.165, 1.54) is 0 Å². The van der Waals surface area contributed by atoms with Gasteiger partial charge in [0.05, 0.1) is 12.5 Å². The van der Waals surface area contributed by atoms with Gasteiger partial charge >= 0.3 is 5.97 Å². The van der Waals surface area contributed by atoms with Gasteiger partial charge in [-0.15, -0.1) is 0 Å². The summed E-state index contributed by atoms with van der Waals surface area (Å²) in [6.45, 7) is 5.54. The second-order valence-electron chi connectivity index (χ2n) is 5.57. The highest BCUT2D eigenvalue weighted by molar-refractivity contribution is 5.79. The van der Waals surface area contributed by atoms with Crippen LogP contribution in [0.25, 0.3) is 0 Å². The molecular formula is C13H23N3O3. The molecule has 0 unspecified atom stereocenters. The van der Waals surface area contributed by atoms with Crippen molar-refractivity contribution in [3.05, 3.63) is 0 Å². The molecule has 19 heavy (non-hydrogen) atoms. The van der Waals surface area contributed by atoms with Gasteiger partial charge in [-0.3, -0.25) is 14.5 Å². The molecule has 6 nitrogen and oxygen atoms in total. The number of piperazine rings is 1. The van der Waals surface area contributed by atoms with Gasteiger partial charge in [0.1, 0.15) is 0 Å². The first kappa shape index (κ1) is 14.3. The quantitative estimate of drug-likeness (QED) is 0.752. The Morgan fingerprint density at radius 2 is 1.63 bits per heavy atom. The fraction of sp³-hybridized carbons (Fsp3) is 0.846. The number of piperidine rings is 1. The molecule has 6 heteroatoms. The predicted molar refractivity (Wildman–Crippen MR) is 70.9 cm³/mol. The number of rotatable bonds is 3. The van der Waals surface area contributed by atoms with Crippen LogP contribution in [0.5, 0.6) is 0 Å². The van der Waals surface area contributed by atoms with Crippen LogP contribution in [-0.2, 0) is 9.59 Å². The topological polar surface area (TPSA) is 64.1 Å². The monoisotopic (exact) mass is 269 g/mol. The van der Waals surface area contributed by atoms with E-state index in [-0.39, 0.29) is 11.8 Å². The highest BCUT2D eigenvalue weighted by atomic mass is 16.4. The average molecular weight is 269 g/mol. The third kappa shape index (κ3) is 3.91. The average Bonchev–Trinajstić information content (AvgIpc) is 2.41. The normalized spacial score (nSPS) is 23.5. The Labute approximate surface area is 114 Å². The van der Waals surface area contributed by atoms with Crippen molar-refractivity contribution >= 4 is 11.9 Å². The number of carbonyl (C=O) groups excluding carboxylic acids is 1. The Morgan fingerprint density at radius 3 is 2.16 bits per heavy atom. The zero-order valence-electron chi connectivity index (χ0n) is 11.5. The molecule has 0 aromatic rings. The van der Waals surface area contributed by atoms with Crippen LogP contribution in [0.1, 0.15) is 12.8 Å². The molecule has 0 saturated carbocycles. The summed E-state index contributed by atoms with van der Waals surface area (Å²) in [5, 5.41) is 8.93. The molecule has 0 aromatic heterocycles. The van der Waals surface area contributed by atoms with E-state index >= 15 is 0 Å². The first-order chi connectivity index (χ1) is 9.06. The second kappa shape index (κ2) is 6.34. The maximum atomic E-state index is 12.1. The zero-order chi connectivity index (χ0) is 13.8. The van der Waals surface area contributed by atoms with Crippen LogP contribution in [0, 0.1) is 5.92 Å². The van der Waals surface area contributed by atoms with Crippen LogP contribution in [0.4, 0.5) is 0 Å². The van der Waals surface area contributed by atoms with Gasteiger partial charge in [0, 0.05) is 39.3 Å². The lowest BCUT2D eigenvalue weighted by Gasteiger charge is -2.35.